The van der Waals surface area contributed by atoms with Gasteiger partial charge in [0, 0.05) is 16.5 Å². The summed E-state index contributed by atoms with van der Waals surface area (Å²) in [6.07, 6.45) is 1.64. The molecule has 1 saturated carbocycles. The van der Waals surface area contributed by atoms with Gasteiger partial charge in [0.05, 0.1) is 11.3 Å². The number of amides is 1. The Morgan fingerprint density at radius 3 is 2.64 bits per heavy atom. The summed E-state index contributed by atoms with van der Waals surface area (Å²) in [4.78, 5) is 23.2. The van der Waals surface area contributed by atoms with E-state index in [1.807, 2.05) is 0 Å². The first-order valence-electron chi connectivity index (χ1n) is 7.69. The molecule has 2 N–H and O–H groups in total. The van der Waals surface area contributed by atoms with Crippen molar-refractivity contribution in [2.45, 2.75) is 19.4 Å². The van der Waals surface area contributed by atoms with Crippen molar-refractivity contribution in [1.29, 1.82) is 0 Å². The molecule has 0 heterocycles. The third-order valence-electron chi connectivity index (χ3n) is 3.84. The Hall–Kier alpha value is -2.60. The minimum absolute atomic E-state index is 0.0366. The molecule has 0 spiro atoms. The van der Waals surface area contributed by atoms with Crippen LogP contribution >= 0.6 is 11.6 Å². The third-order valence-corrected chi connectivity index (χ3v) is 4.07. The lowest BCUT2D eigenvalue weighted by molar-refractivity contribution is -0.117. The Kier molecular flexibility index (Phi) is 4.90. The maximum atomic E-state index is 13.7. The number of anilines is 1. The zero-order valence-corrected chi connectivity index (χ0v) is 13.8. The number of aromatic carboxylic acids is 1. The van der Waals surface area contributed by atoms with Gasteiger partial charge in [0.25, 0.3) is 0 Å². The van der Waals surface area contributed by atoms with Gasteiger partial charge in [0.2, 0.25) is 5.91 Å². The average molecular weight is 364 g/mol. The van der Waals surface area contributed by atoms with Crippen LogP contribution in [0.25, 0.3) is 0 Å². The van der Waals surface area contributed by atoms with Crippen LogP contribution in [0.2, 0.25) is 5.02 Å². The Bertz CT molecular complexity index is 836. The van der Waals surface area contributed by atoms with E-state index in [2.05, 4.69) is 5.32 Å². The standard InChI is InChI=1S/C18H15ClFNO4/c19-12-4-3-11(15(20)7-12)9-25-13-5-6-16(14(8-13)18(23)24)21-17(22)10-1-2-10/h3-8,10H,1-2,9H2,(H,21,22)(H,23,24). The van der Waals surface area contributed by atoms with Gasteiger partial charge in [-0.15, -0.1) is 0 Å². The Balaban J connectivity index is 1.74. The number of ether oxygens (including phenoxy) is 1. The fourth-order valence-electron chi connectivity index (χ4n) is 2.28. The lowest BCUT2D eigenvalue weighted by Gasteiger charge is -2.12. The average Bonchev–Trinajstić information content (AvgIpc) is 3.40. The summed E-state index contributed by atoms with van der Waals surface area (Å²) in [5.41, 5.74) is 0.435. The van der Waals surface area contributed by atoms with E-state index in [-0.39, 0.29) is 40.5 Å². The van der Waals surface area contributed by atoms with Crippen molar-refractivity contribution < 1.29 is 23.8 Å². The first-order chi connectivity index (χ1) is 11.9. The predicted molar refractivity (Wildman–Crippen MR) is 90.5 cm³/mol. The van der Waals surface area contributed by atoms with Crippen LogP contribution in [0.4, 0.5) is 10.1 Å². The van der Waals surface area contributed by atoms with Gasteiger partial charge in [0.15, 0.2) is 0 Å². The minimum atomic E-state index is -1.19. The fourth-order valence-corrected chi connectivity index (χ4v) is 2.44. The fraction of sp³-hybridized carbons (Fsp3) is 0.222. The van der Waals surface area contributed by atoms with Crippen molar-refractivity contribution in [3.05, 3.63) is 58.4 Å². The highest BCUT2D eigenvalue weighted by atomic mass is 35.5. The molecule has 3 rings (SSSR count). The molecule has 130 valence electrons. The van der Waals surface area contributed by atoms with Crippen LogP contribution in [0.3, 0.4) is 0 Å². The molecule has 0 aromatic heterocycles. The van der Waals surface area contributed by atoms with Gasteiger partial charge in [-0.25, -0.2) is 9.18 Å². The van der Waals surface area contributed by atoms with Crippen molar-refractivity contribution in [2.75, 3.05) is 5.32 Å². The number of carbonyl (C=O) groups is 2. The molecular formula is C18H15ClFNO4. The maximum absolute atomic E-state index is 13.7. The van der Waals surface area contributed by atoms with E-state index >= 15 is 0 Å². The molecule has 0 bridgehead atoms. The third kappa shape index (κ3) is 4.28. The predicted octanol–water partition coefficient (Wildman–Crippen LogP) is 4.10. The molecule has 0 unspecified atom stereocenters. The van der Waals surface area contributed by atoms with Crippen LogP contribution in [0.15, 0.2) is 36.4 Å². The second-order valence-electron chi connectivity index (χ2n) is 5.80. The lowest BCUT2D eigenvalue weighted by Crippen LogP contribution is -2.16. The lowest BCUT2D eigenvalue weighted by atomic mass is 10.1. The van der Waals surface area contributed by atoms with Crippen LogP contribution in [0.5, 0.6) is 5.75 Å². The summed E-state index contributed by atoms with van der Waals surface area (Å²) in [5, 5.41) is 12.2. The molecule has 5 nitrogen and oxygen atoms in total. The van der Waals surface area contributed by atoms with E-state index in [9.17, 15) is 19.1 Å². The van der Waals surface area contributed by atoms with Gasteiger partial charge in [0.1, 0.15) is 18.2 Å². The van der Waals surface area contributed by atoms with Gasteiger partial charge in [-0.3, -0.25) is 4.79 Å². The smallest absolute Gasteiger partial charge is 0.337 e. The summed E-state index contributed by atoms with van der Waals surface area (Å²) >= 11 is 5.69. The second kappa shape index (κ2) is 7.11. The molecular weight excluding hydrogens is 349 g/mol. The number of halogens is 2. The summed E-state index contributed by atoms with van der Waals surface area (Å²) in [7, 11) is 0. The number of carbonyl (C=O) groups excluding carboxylic acids is 1. The number of hydrogen-bond acceptors (Lipinski definition) is 3. The molecule has 0 radical (unpaired) electrons. The molecule has 1 aliphatic carbocycles. The van der Waals surface area contributed by atoms with E-state index in [4.69, 9.17) is 16.3 Å². The highest BCUT2D eigenvalue weighted by molar-refractivity contribution is 6.30. The van der Waals surface area contributed by atoms with Crippen molar-refractivity contribution in [3.63, 3.8) is 0 Å². The van der Waals surface area contributed by atoms with E-state index in [0.29, 0.717) is 5.56 Å². The molecule has 7 heteroatoms. The number of nitrogens with one attached hydrogen (secondary N) is 1. The first kappa shape index (κ1) is 17.2. The second-order valence-corrected chi connectivity index (χ2v) is 6.24. The van der Waals surface area contributed by atoms with Gasteiger partial charge in [-0.05, 0) is 43.2 Å². The van der Waals surface area contributed by atoms with Gasteiger partial charge in [-0.2, -0.15) is 0 Å². The van der Waals surface area contributed by atoms with E-state index in [0.717, 1.165) is 12.8 Å². The highest BCUT2D eigenvalue weighted by Gasteiger charge is 2.30. The quantitative estimate of drug-likeness (QED) is 0.810. The van der Waals surface area contributed by atoms with Crippen molar-refractivity contribution in [2.24, 2.45) is 5.92 Å². The molecule has 0 saturated heterocycles. The summed E-state index contributed by atoms with van der Waals surface area (Å²) in [5.74, 6) is -1.64. The highest BCUT2D eigenvalue weighted by Crippen LogP contribution is 2.31. The molecule has 2 aromatic rings. The first-order valence-corrected chi connectivity index (χ1v) is 8.07. The van der Waals surface area contributed by atoms with E-state index in [1.165, 1.54) is 30.3 Å². The van der Waals surface area contributed by atoms with Crippen LogP contribution in [0.1, 0.15) is 28.8 Å². The van der Waals surface area contributed by atoms with Gasteiger partial charge >= 0.3 is 5.97 Å². The van der Waals surface area contributed by atoms with Crippen LogP contribution < -0.4 is 10.1 Å². The number of carboxylic acids is 1. The summed E-state index contributed by atoms with van der Waals surface area (Å²) in [6.45, 7) is -0.0736. The Morgan fingerprint density at radius 2 is 2.00 bits per heavy atom. The Morgan fingerprint density at radius 1 is 1.24 bits per heavy atom. The zero-order valence-electron chi connectivity index (χ0n) is 13.1. The molecule has 1 aliphatic rings. The topological polar surface area (TPSA) is 75.6 Å². The van der Waals surface area contributed by atoms with Crippen molar-refractivity contribution in [1.82, 2.24) is 0 Å². The van der Waals surface area contributed by atoms with Gasteiger partial charge < -0.3 is 15.2 Å². The molecule has 1 fully saturated rings. The maximum Gasteiger partial charge on any atom is 0.337 e. The number of benzene rings is 2. The molecule has 0 aliphatic heterocycles. The summed E-state index contributed by atoms with van der Waals surface area (Å²) in [6, 6.07) is 8.53. The molecule has 25 heavy (non-hydrogen) atoms. The molecule has 0 atom stereocenters. The van der Waals surface area contributed by atoms with Crippen LogP contribution in [0, 0.1) is 11.7 Å². The minimum Gasteiger partial charge on any atom is -0.489 e. The van der Waals surface area contributed by atoms with Crippen LogP contribution in [-0.2, 0) is 11.4 Å². The monoisotopic (exact) mass is 363 g/mol. The van der Waals surface area contributed by atoms with Crippen molar-refractivity contribution in [3.8, 4) is 5.75 Å². The van der Waals surface area contributed by atoms with Crippen molar-refractivity contribution >= 4 is 29.2 Å². The SMILES string of the molecule is O=C(O)c1cc(OCc2ccc(Cl)cc2F)ccc1NC(=O)C1CC1. The summed E-state index contributed by atoms with van der Waals surface area (Å²) < 4.78 is 19.2. The Labute approximate surface area is 148 Å². The molecule has 1 amide bonds. The van der Waals surface area contributed by atoms with E-state index < -0.39 is 11.8 Å². The van der Waals surface area contributed by atoms with Gasteiger partial charge in [-0.1, -0.05) is 17.7 Å². The largest absolute Gasteiger partial charge is 0.489 e. The van der Waals surface area contributed by atoms with E-state index in [1.54, 1.807) is 6.07 Å². The number of carboxylic acid groups (broad SMARTS) is 1. The normalized spacial score (nSPS) is 13.4. The number of rotatable bonds is 6. The van der Waals surface area contributed by atoms with Crippen LogP contribution in [-0.4, -0.2) is 17.0 Å². The number of hydrogen-bond donors (Lipinski definition) is 2. The zero-order chi connectivity index (χ0) is 18.0. The molecule has 2 aromatic carbocycles.